The Morgan fingerprint density at radius 2 is 2.55 bits per heavy atom. The molecule has 0 amide bonds. The Kier molecular flexibility index (Phi) is 3.40. The molecule has 2 nitrogen and oxygen atoms in total. The first-order valence-electron chi connectivity index (χ1n) is 4.01. The van der Waals surface area contributed by atoms with Crippen LogP contribution in [0.4, 0.5) is 0 Å². The molecule has 3 heteroatoms. The lowest BCUT2D eigenvalue weighted by atomic mass is 10.1. The van der Waals surface area contributed by atoms with Crippen LogP contribution in [0, 0.1) is 0 Å². The predicted octanol–water partition coefficient (Wildman–Crippen LogP) is 1.49. The van der Waals surface area contributed by atoms with Crippen LogP contribution in [0.25, 0.3) is 0 Å². The third-order valence-corrected chi connectivity index (χ3v) is 3.39. The fraction of sp³-hybridized carbons (Fsp3) is 0.875. The van der Waals surface area contributed by atoms with Crippen LogP contribution in [0.5, 0.6) is 0 Å². The summed E-state index contributed by atoms with van der Waals surface area (Å²) < 4.78 is 5.06. The summed E-state index contributed by atoms with van der Waals surface area (Å²) in [6.07, 6.45) is 3.19. The molecule has 0 bridgehead atoms. The third kappa shape index (κ3) is 2.20. The van der Waals surface area contributed by atoms with Crippen LogP contribution < -0.4 is 0 Å². The molecule has 1 fully saturated rings. The Morgan fingerprint density at radius 1 is 1.73 bits per heavy atom. The monoisotopic (exact) mass is 174 g/mol. The van der Waals surface area contributed by atoms with Crippen LogP contribution in [0.2, 0.25) is 0 Å². The summed E-state index contributed by atoms with van der Waals surface area (Å²) in [5.74, 6) is 1.10. The van der Waals surface area contributed by atoms with Crippen molar-refractivity contribution in [3.05, 3.63) is 0 Å². The van der Waals surface area contributed by atoms with E-state index in [1.165, 1.54) is 0 Å². The van der Waals surface area contributed by atoms with E-state index in [1.807, 2.05) is 6.92 Å². The molecule has 0 aromatic carbocycles. The minimum Gasteiger partial charge on any atom is -0.380 e. The number of hydrogen-bond donors (Lipinski definition) is 0. The molecule has 0 radical (unpaired) electrons. The number of aldehydes is 1. The van der Waals surface area contributed by atoms with Gasteiger partial charge in [-0.05, 0) is 25.5 Å². The van der Waals surface area contributed by atoms with Gasteiger partial charge in [-0.3, -0.25) is 0 Å². The number of rotatable bonds is 4. The van der Waals surface area contributed by atoms with Crippen LogP contribution in [0.1, 0.15) is 19.8 Å². The highest BCUT2D eigenvalue weighted by Gasteiger charge is 2.34. The van der Waals surface area contributed by atoms with Gasteiger partial charge in [0.1, 0.15) is 6.29 Å². The molecular weight excluding hydrogens is 160 g/mol. The molecule has 1 saturated heterocycles. The van der Waals surface area contributed by atoms with Crippen LogP contribution >= 0.6 is 11.8 Å². The van der Waals surface area contributed by atoms with Crippen LogP contribution in [0.3, 0.4) is 0 Å². The number of ether oxygens (including phenoxy) is 1. The largest absolute Gasteiger partial charge is 0.380 e. The van der Waals surface area contributed by atoms with Gasteiger partial charge < -0.3 is 9.53 Å². The van der Waals surface area contributed by atoms with Crippen molar-refractivity contribution in [3.63, 3.8) is 0 Å². The number of carbonyl (C=O) groups is 1. The Hall–Kier alpha value is -0.0200. The second kappa shape index (κ2) is 4.12. The third-order valence-electron chi connectivity index (χ3n) is 1.90. The van der Waals surface area contributed by atoms with Crippen molar-refractivity contribution < 1.29 is 9.53 Å². The molecule has 1 heterocycles. The molecule has 1 rings (SSSR count). The van der Waals surface area contributed by atoms with Crippen molar-refractivity contribution in [1.29, 1.82) is 0 Å². The normalized spacial score (nSPS) is 30.6. The molecule has 1 atom stereocenters. The summed E-state index contributed by atoms with van der Waals surface area (Å²) in [6.45, 7) is 3.26. The predicted molar refractivity (Wildman–Crippen MR) is 47.0 cm³/mol. The van der Waals surface area contributed by atoms with E-state index >= 15 is 0 Å². The van der Waals surface area contributed by atoms with E-state index in [1.54, 1.807) is 11.8 Å². The lowest BCUT2D eigenvalue weighted by Gasteiger charge is -2.19. The number of hydrogen-bond acceptors (Lipinski definition) is 3. The van der Waals surface area contributed by atoms with Crippen LogP contribution in [-0.2, 0) is 9.53 Å². The summed E-state index contributed by atoms with van der Waals surface area (Å²) in [5, 5.41) is 0. The lowest BCUT2D eigenvalue weighted by molar-refractivity contribution is -0.111. The van der Waals surface area contributed by atoms with Crippen molar-refractivity contribution in [2.75, 3.05) is 19.0 Å². The second-order valence-electron chi connectivity index (χ2n) is 2.77. The van der Waals surface area contributed by atoms with E-state index in [0.29, 0.717) is 13.2 Å². The fourth-order valence-corrected chi connectivity index (χ4v) is 2.45. The number of thioether (sulfide) groups is 1. The highest BCUT2D eigenvalue weighted by Crippen LogP contribution is 2.36. The zero-order valence-electron chi connectivity index (χ0n) is 6.84. The van der Waals surface area contributed by atoms with Gasteiger partial charge in [0.25, 0.3) is 0 Å². The molecule has 0 aromatic rings. The van der Waals surface area contributed by atoms with Crippen molar-refractivity contribution in [2.45, 2.75) is 24.5 Å². The van der Waals surface area contributed by atoms with Crippen molar-refractivity contribution in [2.24, 2.45) is 0 Å². The zero-order valence-corrected chi connectivity index (χ0v) is 7.65. The van der Waals surface area contributed by atoms with E-state index in [4.69, 9.17) is 4.74 Å². The molecule has 1 unspecified atom stereocenters. The Bertz CT molecular complexity index is 130. The highest BCUT2D eigenvalue weighted by molar-refractivity contribution is 8.01. The minimum atomic E-state index is -0.198. The molecule has 64 valence electrons. The van der Waals surface area contributed by atoms with Gasteiger partial charge in [0.05, 0.1) is 11.4 Å². The fourth-order valence-electron chi connectivity index (χ4n) is 1.23. The highest BCUT2D eigenvalue weighted by atomic mass is 32.2. The maximum Gasteiger partial charge on any atom is 0.138 e. The van der Waals surface area contributed by atoms with Crippen molar-refractivity contribution >= 4 is 18.0 Å². The van der Waals surface area contributed by atoms with E-state index in [-0.39, 0.29) is 4.75 Å². The minimum absolute atomic E-state index is 0.198. The molecular formula is C8H14O2S. The van der Waals surface area contributed by atoms with Gasteiger partial charge in [-0.2, -0.15) is 0 Å². The maximum absolute atomic E-state index is 10.7. The van der Waals surface area contributed by atoms with Gasteiger partial charge in [-0.1, -0.05) is 0 Å². The quantitative estimate of drug-likeness (QED) is 0.604. The summed E-state index contributed by atoms with van der Waals surface area (Å²) >= 11 is 1.74. The smallest absolute Gasteiger partial charge is 0.138 e. The molecule has 11 heavy (non-hydrogen) atoms. The Balaban J connectivity index is 2.39. The standard InChI is InChI=1S/C8H14O2S/c1-2-10-7-8(6-9)4-3-5-11-8/h6H,2-5,7H2,1H3. The SMILES string of the molecule is CCOCC1(C=O)CCCS1. The number of carbonyl (C=O) groups excluding carboxylic acids is 1. The summed E-state index contributed by atoms with van der Waals surface area (Å²) in [5.41, 5.74) is 0. The zero-order chi connectivity index (χ0) is 8.16. The van der Waals surface area contributed by atoms with Gasteiger partial charge in [0.2, 0.25) is 0 Å². The van der Waals surface area contributed by atoms with E-state index in [9.17, 15) is 4.79 Å². The van der Waals surface area contributed by atoms with Gasteiger partial charge in [-0.25, -0.2) is 0 Å². The first-order valence-corrected chi connectivity index (χ1v) is 4.99. The topological polar surface area (TPSA) is 26.3 Å². The van der Waals surface area contributed by atoms with Gasteiger partial charge in [0, 0.05) is 6.61 Å². The molecule has 0 N–H and O–H groups in total. The second-order valence-corrected chi connectivity index (χ2v) is 4.28. The van der Waals surface area contributed by atoms with Crippen LogP contribution in [0.15, 0.2) is 0 Å². The summed E-state index contributed by atoms with van der Waals surface area (Å²) in [7, 11) is 0. The molecule has 0 spiro atoms. The van der Waals surface area contributed by atoms with Crippen molar-refractivity contribution in [3.8, 4) is 0 Å². The Labute approximate surface area is 71.7 Å². The molecule has 1 aliphatic heterocycles. The Morgan fingerprint density at radius 3 is 3.00 bits per heavy atom. The van der Waals surface area contributed by atoms with E-state index in [2.05, 4.69) is 0 Å². The molecule has 1 aliphatic rings. The lowest BCUT2D eigenvalue weighted by Crippen LogP contribution is -2.29. The van der Waals surface area contributed by atoms with E-state index < -0.39 is 0 Å². The van der Waals surface area contributed by atoms with E-state index in [0.717, 1.165) is 24.9 Å². The van der Waals surface area contributed by atoms with Crippen LogP contribution in [-0.4, -0.2) is 30.0 Å². The molecule has 0 aromatic heterocycles. The average Bonchev–Trinajstić information content (AvgIpc) is 2.50. The summed E-state index contributed by atoms with van der Waals surface area (Å²) in [4.78, 5) is 10.7. The maximum atomic E-state index is 10.7. The summed E-state index contributed by atoms with van der Waals surface area (Å²) in [6, 6.07) is 0. The van der Waals surface area contributed by atoms with Gasteiger partial charge in [-0.15, -0.1) is 11.8 Å². The van der Waals surface area contributed by atoms with Crippen molar-refractivity contribution in [1.82, 2.24) is 0 Å². The first kappa shape index (κ1) is 9.07. The van der Waals surface area contributed by atoms with Gasteiger partial charge in [0.15, 0.2) is 0 Å². The first-order chi connectivity index (χ1) is 5.33. The molecule has 0 aliphatic carbocycles. The average molecular weight is 174 g/mol. The van der Waals surface area contributed by atoms with Gasteiger partial charge >= 0.3 is 0 Å². The molecule has 0 saturated carbocycles.